The number of benzene rings is 1. The molecule has 0 saturated heterocycles. The van der Waals surface area contributed by atoms with Gasteiger partial charge in [0.1, 0.15) is 5.52 Å². The minimum Gasteiger partial charge on any atom is -0.399 e. The van der Waals surface area contributed by atoms with E-state index in [4.69, 9.17) is 5.73 Å². The van der Waals surface area contributed by atoms with Gasteiger partial charge in [-0.2, -0.15) is 5.10 Å². The van der Waals surface area contributed by atoms with Crippen LogP contribution >= 0.6 is 0 Å². The molecule has 0 radical (unpaired) electrons. The number of aromatic nitrogens is 3. The molecular weight excluding hydrogens is 250 g/mol. The molecule has 1 aliphatic rings. The van der Waals surface area contributed by atoms with Gasteiger partial charge in [-0.15, -0.1) is 0 Å². The third-order valence-electron chi connectivity index (χ3n) is 3.74. The molecule has 0 amide bonds. The number of nitrogen functional groups attached to an aromatic ring is 1. The quantitative estimate of drug-likeness (QED) is 0.685. The fourth-order valence-corrected chi connectivity index (χ4v) is 2.84. The lowest BCUT2D eigenvalue weighted by molar-refractivity contribution is 0.842. The van der Waals surface area contributed by atoms with E-state index in [0.29, 0.717) is 0 Å². The fraction of sp³-hybridized carbons (Fsp3) is 0.200. The topological polar surface area (TPSA) is 59.5 Å². The highest BCUT2D eigenvalue weighted by molar-refractivity contribution is 5.70. The highest BCUT2D eigenvalue weighted by Gasteiger charge is 2.22. The minimum absolute atomic E-state index is 0.817. The first-order valence-electron chi connectivity index (χ1n) is 6.64. The second kappa shape index (κ2) is 3.96. The maximum atomic E-state index is 5.86. The molecule has 1 aliphatic heterocycles. The summed E-state index contributed by atoms with van der Waals surface area (Å²) in [7, 11) is 0. The summed E-state index contributed by atoms with van der Waals surface area (Å²) in [4.78, 5) is 6.81. The van der Waals surface area contributed by atoms with Crippen LogP contribution in [0.2, 0.25) is 0 Å². The van der Waals surface area contributed by atoms with Gasteiger partial charge in [-0.25, -0.2) is 9.50 Å². The van der Waals surface area contributed by atoms with E-state index in [2.05, 4.69) is 33.2 Å². The summed E-state index contributed by atoms with van der Waals surface area (Å²) in [5.41, 5.74) is 11.3. The Morgan fingerprint density at radius 2 is 2.00 bits per heavy atom. The molecule has 100 valence electrons. The molecule has 0 bridgehead atoms. The van der Waals surface area contributed by atoms with Gasteiger partial charge in [-0.1, -0.05) is 6.07 Å². The van der Waals surface area contributed by atoms with Crippen LogP contribution in [0.5, 0.6) is 0 Å². The van der Waals surface area contributed by atoms with Crippen LogP contribution in [0.25, 0.3) is 5.52 Å². The van der Waals surface area contributed by atoms with Crippen LogP contribution < -0.4 is 10.6 Å². The van der Waals surface area contributed by atoms with Crippen molar-refractivity contribution in [1.82, 2.24) is 14.6 Å². The van der Waals surface area contributed by atoms with Crippen molar-refractivity contribution >= 4 is 17.0 Å². The Kier molecular flexibility index (Phi) is 2.24. The molecule has 5 heteroatoms. The molecule has 0 fully saturated rings. The molecule has 2 aromatic heterocycles. The Morgan fingerprint density at radius 1 is 1.15 bits per heavy atom. The van der Waals surface area contributed by atoms with E-state index >= 15 is 0 Å². The van der Waals surface area contributed by atoms with Crippen LogP contribution in [0.4, 0.5) is 11.5 Å². The van der Waals surface area contributed by atoms with Crippen LogP contribution in [-0.4, -0.2) is 14.6 Å². The number of fused-ring (bicyclic) bond motifs is 2. The first-order valence-corrected chi connectivity index (χ1v) is 6.64. The van der Waals surface area contributed by atoms with Crippen LogP contribution in [0.1, 0.15) is 16.8 Å². The molecule has 0 atom stereocenters. The number of anilines is 2. The smallest absolute Gasteiger partial charge is 0.155 e. The second-order valence-electron chi connectivity index (χ2n) is 5.25. The molecule has 5 nitrogen and oxygen atoms in total. The third-order valence-corrected chi connectivity index (χ3v) is 3.74. The average Bonchev–Trinajstić information content (AvgIpc) is 2.99. The Balaban J connectivity index is 1.79. The van der Waals surface area contributed by atoms with Crippen molar-refractivity contribution in [3.8, 4) is 0 Å². The van der Waals surface area contributed by atoms with Crippen LogP contribution in [0.15, 0.2) is 36.7 Å². The number of aryl methyl sites for hydroxylation is 1. The molecule has 1 aromatic carbocycles. The maximum absolute atomic E-state index is 5.86. The molecule has 0 saturated carbocycles. The highest BCUT2D eigenvalue weighted by atomic mass is 15.3. The van der Waals surface area contributed by atoms with E-state index in [1.54, 1.807) is 6.20 Å². The largest absolute Gasteiger partial charge is 0.399 e. The van der Waals surface area contributed by atoms with Crippen molar-refractivity contribution < 1.29 is 0 Å². The minimum atomic E-state index is 0.817. The third kappa shape index (κ3) is 1.63. The number of nitrogens with zero attached hydrogens (tertiary/aromatic N) is 4. The first kappa shape index (κ1) is 11.3. The Labute approximate surface area is 116 Å². The summed E-state index contributed by atoms with van der Waals surface area (Å²) in [6, 6.07) is 8.18. The second-order valence-corrected chi connectivity index (χ2v) is 5.25. The Bertz CT molecular complexity index is 805. The van der Waals surface area contributed by atoms with Gasteiger partial charge < -0.3 is 10.6 Å². The van der Waals surface area contributed by atoms with E-state index in [0.717, 1.165) is 35.8 Å². The lowest BCUT2D eigenvalue weighted by Crippen LogP contribution is -2.16. The summed E-state index contributed by atoms with van der Waals surface area (Å²) < 4.78 is 1.88. The van der Waals surface area contributed by atoms with Gasteiger partial charge in [-0.3, -0.25) is 0 Å². The summed E-state index contributed by atoms with van der Waals surface area (Å²) in [5, 5.41) is 4.44. The molecule has 0 aliphatic carbocycles. The first-order chi connectivity index (χ1) is 9.70. The molecule has 0 unspecified atom stereocenters. The zero-order valence-electron chi connectivity index (χ0n) is 11.2. The van der Waals surface area contributed by atoms with Crippen molar-refractivity contribution in [2.24, 2.45) is 0 Å². The SMILES string of the molecule is Cc1cc2c(N3Cc4ccc(N)cc4C3)nccn2n1. The van der Waals surface area contributed by atoms with Gasteiger partial charge in [0.25, 0.3) is 0 Å². The van der Waals surface area contributed by atoms with Gasteiger partial charge in [0, 0.05) is 31.2 Å². The summed E-state index contributed by atoms with van der Waals surface area (Å²) in [6.45, 7) is 3.71. The zero-order chi connectivity index (χ0) is 13.7. The lowest BCUT2D eigenvalue weighted by Gasteiger charge is -2.17. The zero-order valence-corrected chi connectivity index (χ0v) is 11.2. The van der Waals surface area contributed by atoms with Gasteiger partial charge in [0.05, 0.1) is 5.69 Å². The Hall–Kier alpha value is -2.56. The predicted molar refractivity (Wildman–Crippen MR) is 78.5 cm³/mol. The van der Waals surface area contributed by atoms with Gasteiger partial charge in [0.15, 0.2) is 5.82 Å². The van der Waals surface area contributed by atoms with Gasteiger partial charge >= 0.3 is 0 Å². The van der Waals surface area contributed by atoms with Gasteiger partial charge in [-0.05, 0) is 36.2 Å². The molecule has 3 heterocycles. The lowest BCUT2D eigenvalue weighted by atomic mass is 10.1. The number of hydrogen-bond acceptors (Lipinski definition) is 4. The standard InChI is InChI=1S/C15H15N5/c1-10-6-14-15(17-4-5-20(14)18-10)19-8-11-2-3-13(16)7-12(11)9-19/h2-7H,8-9,16H2,1H3. The molecule has 3 aromatic rings. The summed E-state index contributed by atoms with van der Waals surface area (Å²) in [5.74, 6) is 0.975. The normalized spacial score (nSPS) is 13.9. The van der Waals surface area contributed by atoms with E-state index in [1.165, 1.54) is 11.1 Å². The summed E-state index contributed by atoms with van der Waals surface area (Å²) in [6.07, 6.45) is 3.68. The van der Waals surface area contributed by atoms with Crippen molar-refractivity contribution in [2.75, 3.05) is 10.6 Å². The molecular formula is C15H15N5. The number of hydrogen-bond donors (Lipinski definition) is 1. The molecule has 0 spiro atoms. The fourth-order valence-electron chi connectivity index (χ4n) is 2.84. The van der Waals surface area contributed by atoms with Crippen molar-refractivity contribution in [2.45, 2.75) is 20.0 Å². The van der Waals surface area contributed by atoms with E-state index in [9.17, 15) is 0 Å². The van der Waals surface area contributed by atoms with E-state index in [-0.39, 0.29) is 0 Å². The van der Waals surface area contributed by atoms with Crippen molar-refractivity contribution in [3.63, 3.8) is 0 Å². The highest BCUT2D eigenvalue weighted by Crippen LogP contribution is 2.30. The average molecular weight is 265 g/mol. The number of nitrogens with two attached hydrogens (primary N) is 1. The monoisotopic (exact) mass is 265 g/mol. The number of rotatable bonds is 1. The van der Waals surface area contributed by atoms with E-state index < -0.39 is 0 Å². The van der Waals surface area contributed by atoms with Crippen LogP contribution in [0.3, 0.4) is 0 Å². The molecule has 4 rings (SSSR count). The van der Waals surface area contributed by atoms with E-state index in [1.807, 2.05) is 23.7 Å². The van der Waals surface area contributed by atoms with Crippen molar-refractivity contribution in [3.05, 3.63) is 53.5 Å². The summed E-state index contributed by atoms with van der Waals surface area (Å²) >= 11 is 0. The van der Waals surface area contributed by atoms with Crippen molar-refractivity contribution in [1.29, 1.82) is 0 Å². The Morgan fingerprint density at radius 3 is 2.90 bits per heavy atom. The molecule has 2 N–H and O–H groups in total. The van der Waals surface area contributed by atoms with Gasteiger partial charge in [0.2, 0.25) is 0 Å². The predicted octanol–water partition coefficient (Wildman–Crippen LogP) is 2.14. The maximum Gasteiger partial charge on any atom is 0.155 e. The molecule has 20 heavy (non-hydrogen) atoms. The van der Waals surface area contributed by atoms with Crippen LogP contribution in [0, 0.1) is 6.92 Å². The van der Waals surface area contributed by atoms with Crippen LogP contribution in [-0.2, 0) is 13.1 Å².